The van der Waals surface area contributed by atoms with Crippen LogP contribution in [0.3, 0.4) is 0 Å². The molecule has 0 aromatic heterocycles. The summed E-state index contributed by atoms with van der Waals surface area (Å²) in [5, 5.41) is 0. The van der Waals surface area contributed by atoms with Gasteiger partial charge in [-0.25, -0.2) is 0 Å². The Hall–Kier alpha value is -1.88. The lowest BCUT2D eigenvalue weighted by Gasteiger charge is -2.26. The number of nitrogens with zero attached hydrogens (tertiary/aromatic N) is 1. The molecule has 114 valence electrons. The number of hydrogen-bond donors (Lipinski definition) is 0. The van der Waals surface area contributed by atoms with E-state index in [1.54, 1.807) is 11.8 Å². The van der Waals surface area contributed by atoms with E-state index in [9.17, 15) is 9.59 Å². The van der Waals surface area contributed by atoms with Crippen molar-refractivity contribution in [3.05, 3.63) is 35.9 Å². The van der Waals surface area contributed by atoms with Crippen molar-refractivity contribution in [1.29, 1.82) is 0 Å². The Morgan fingerprint density at radius 1 is 1.29 bits per heavy atom. The van der Waals surface area contributed by atoms with E-state index in [0.29, 0.717) is 6.61 Å². The first-order valence-electron chi connectivity index (χ1n) is 7.21. The molecule has 0 radical (unpaired) electrons. The zero-order valence-electron chi connectivity index (χ0n) is 12.5. The number of carbonyl (C=O) groups excluding carboxylic acids is 2. The first-order valence-corrected chi connectivity index (χ1v) is 7.21. The molecule has 1 fully saturated rings. The molecule has 2 rings (SSSR count). The molecule has 0 spiro atoms. The largest absolute Gasteiger partial charge is 0.465 e. The number of esters is 1. The molecule has 1 atom stereocenters. The summed E-state index contributed by atoms with van der Waals surface area (Å²) in [6.07, 6.45) is 1.17. The minimum Gasteiger partial charge on any atom is -0.465 e. The second kappa shape index (κ2) is 7.22. The normalized spacial score (nSPS) is 15.3. The summed E-state index contributed by atoms with van der Waals surface area (Å²) in [5.41, 5.74) is 0.791. The third kappa shape index (κ3) is 4.04. The Morgan fingerprint density at radius 3 is 2.48 bits per heavy atom. The average Bonchev–Trinajstić information content (AvgIpc) is 3.31. The van der Waals surface area contributed by atoms with Gasteiger partial charge in [-0.05, 0) is 25.3 Å². The van der Waals surface area contributed by atoms with Crippen LogP contribution in [0.5, 0.6) is 0 Å². The second-order valence-electron chi connectivity index (χ2n) is 5.03. The summed E-state index contributed by atoms with van der Waals surface area (Å²) >= 11 is 0. The fourth-order valence-corrected chi connectivity index (χ4v) is 2.28. The summed E-state index contributed by atoms with van der Waals surface area (Å²) in [7, 11) is 1.50. The lowest BCUT2D eigenvalue weighted by atomic mass is 10.1. The molecular weight excluding hydrogens is 270 g/mol. The van der Waals surface area contributed by atoms with E-state index >= 15 is 0 Å². The van der Waals surface area contributed by atoms with Crippen molar-refractivity contribution in [3.8, 4) is 0 Å². The predicted octanol–water partition coefficient (Wildman–Crippen LogP) is 1.93. The minimum absolute atomic E-state index is 0.00989. The maximum atomic E-state index is 12.7. The molecule has 0 N–H and O–H groups in total. The Morgan fingerprint density at radius 2 is 1.95 bits per heavy atom. The molecule has 5 nitrogen and oxygen atoms in total. The monoisotopic (exact) mass is 291 g/mol. The minimum atomic E-state index is -0.679. The Bertz CT molecular complexity index is 484. The van der Waals surface area contributed by atoms with Crippen LogP contribution in [0.1, 0.15) is 31.4 Å². The van der Waals surface area contributed by atoms with Crippen molar-refractivity contribution < 1.29 is 19.1 Å². The third-order valence-electron chi connectivity index (χ3n) is 3.44. The van der Waals surface area contributed by atoms with Gasteiger partial charge in [-0.3, -0.25) is 9.59 Å². The zero-order valence-corrected chi connectivity index (χ0v) is 12.5. The lowest BCUT2D eigenvalue weighted by molar-refractivity contribution is -0.153. The predicted molar refractivity (Wildman–Crippen MR) is 77.6 cm³/mol. The summed E-state index contributed by atoms with van der Waals surface area (Å²) in [6, 6.07) is 9.44. The van der Waals surface area contributed by atoms with Crippen molar-refractivity contribution in [3.63, 3.8) is 0 Å². The van der Waals surface area contributed by atoms with Crippen LogP contribution in [-0.2, 0) is 19.1 Å². The number of carbonyl (C=O) groups is 2. The molecule has 1 aliphatic rings. The molecule has 1 unspecified atom stereocenters. The Labute approximate surface area is 124 Å². The zero-order chi connectivity index (χ0) is 15.2. The van der Waals surface area contributed by atoms with Crippen LogP contribution in [0.4, 0.5) is 0 Å². The van der Waals surface area contributed by atoms with Crippen LogP contribution < -0.4 is 0 Å². The maximum Gasteiger partial charge on any atom is 0.325 e. The highest BCUT2D eigenvalue weighted by atomic mass is 16.5. The van der Waals surface area contributed by atoms with E-state index in [2.05, 4.69) is 0 Å². The molecule has 21 heavy (non-hydrogen) atoms. The van der Waals surface area contributed by atoms with Crippen LogP contribution in [0.2, 0.25) is 0 Å². The van der Waals surface area contributed by atoms with Crippen LogP contribution in [0.25, 0.3) is 0 Å². The van der Waals surface area contributed by atoms with Crippen LogP contribution in [0, 0.1) is 0 Å². The summed E-state index contributed by atoms with van der Waals surface area (Å²) < 4.78 is 10.3. The van der Waals surface area contributed by atoms with E-state index in [-0.39, 0.29) is 24.5 Å². The molecule has 1 aromatic carbocycles. The molecule has 5 heteroatoms. The van der Waals surface area contributed by atoms with E-state index in [1.807, 2.05) is 30.3 Å². The summed E-state index contributed by atoms with van der Waals surface area (Å²) in [4.78, 5) is 26.0. The highest BCUT2D eigenvalue weighted by molar-refractivity contribution is 5.86. The molecule has 0 heterocycles. The molecule has 0 bridgehead atoms. The van der Waals surface area contributed by atoms with Crippen LogP contribution in [0.15, 0.2) is 30.3 Å². The molecular formula is C16H21NO4. The molecule has 1 amide bonds. The third-order valence-corrected chi connectivity index (χ3v) is 3.44. The van der Waals surface area contributed by atoms with Crippen LogP contribution in [-0.4, -0.2) is 43.1 Å². The Kier molecular flexibility index (Phi) is 5.33. The molecule has 0 saturated heterocycles. The quantitative estimate of drug-likeness (QED) is 0.720. The van der Waals surface area contributed by atoms with Gasteiger partial charge in [-0.15, -0.1) is 0 Å². The van der Waals surface area contributed by atoms with Gasteiger partial charge in [-0.2, -0.15) is 0 Å². The van der Waals surface area contributed by atoms with E-state index in [1.165, 1.54) is 7.11 Å². The van der Waals surface area contributed by atoms with E-state index < -0.39 is 6.10 Å². The highest BCUT2D eigenvalue weighted by Gasteiger charge is 2.37. The van der Waals surface area contributed by atoms with Gasteiger partial charge >= 0.3 is 5.97 Å². The molecule has 1 aliphatic carbocycles. The number of methoxy groups -OCH3 is 1. The lowest BCUT2D eigenvalue weighted by Crippen LogP contribution is -2.41. The van der Waals surface area contributed by atoms with Gasteiger partial charge in [0.2, 0.25) is 0 Å². The van der Waals surface area contributed by atoms with Gasteiger partial charge in [-0.1, -0.05) is 30.3 Å². The van der Waals surface area contributed by atoms with E-state index in [4.69, 9.17) is 9.47 Å². The van der Waals surface area contributed by atoms with Crippen molar-refractivity contribution >= 4 is 11.9 Å². The first-order chi connectivity index (χ1) is 10.2. The smallest absolute Gasteiger partial charge is 0.325 e. The number of ether oxygens (including phenoxy) is 2. The number of rotatable bonds is 7. The van der Waals surface area contributed by atoms with Gasteiger partial charge in [0, 0.05) is 13.2 Å². The average molecular weight is 291 g/mol. The molecule has 1 saturated carbocycles. The van der Waals surface area contributed by atoms with Crippen molar-refractivity contribution in [2.45, 2.75) is 31.9 Å². The van der Waals surface area contributed by atoms with Crippen molar-refractivity contribution in [2.24, 2.45) is 0 Å². The van der Waals surface area contributed by atoms with Crippen LogP contribution >= 0.6 is 0 Å². The van der Waals surface area contributed by atoms with Gasteiger partial charge < -0.3 is 14.4 Å². The SMILES string of the molecule is CCOC(=O)CN(C(=O)C(OC)c1ccccc1)C1CC1. The Balaban J connectivity index is 2.11. The summed E-state index contributed by atoms with van der Waals surface area (Å²) in [6.45, 7) is 2.06. The highest BCUT2D eigenvalue weighted by Crippen LogP contribution is 2.30. The first kappa shape index (κ1) is 15.5. The van der Waals surface area contributed by atoms with Gasteiger partial charge in [0.25, 0.3) is 5.91 Å². The molecule has 0 aliphatic heterocycles. The molecule has 1 aromatic rings. The topological polar surface area (TPSA) is 55.8 Å². The van der Waals surface area contributed by atoms with Gasteiger partial charge in [0.15, 0.2) is 6.10 Å². The second-order valence-corrected chi connectivity index (χ2v) is 5.03. The van der Waals surface area contributed by atoms with Gasteiger partial charge in [0.1, 0.15) is 6.54 Å². The van der Waals surface area contributed by atoms with Crippen molar-refractivity contribution in [1.82, 2.24) is 4.90 Å². The fraction of sp³-hybridized carbons (Fsp3) is 0.500. The number of amides is 1. The summed E-state index contributed by atoms with van der Waals surface area (Å²) in [5.74, 6) is -0.556. The number of hydrogen-bond acceptors (Lipinski definition) is 4. The maximum absolute atomic E-state index is 12.7. The number of benzene rings is 1. The van der Waals surface area contributed by atoms with Crippen molar-refractivity contribution in [2.75, 3.05) is 20.3 Å². The van der Waals surface area contributed by atoms with E-state index in [0.717, 1.165) is 18.4 Å². The standard InChI is InChI=1S/C16H21NO4/c1-3-21-14(18)11-17(13-9-10-13)16(19)15(20-2)12-7-5-4-6-8-12/h4-8,13,15H,3,9-11H2,1-2H3. The fourth-order valence-electron chi connectivity index (χ4n) is 2.28. The van der Waals surface area contributed by atoms with Gasteiger partial charge in [0.05, 0.1) is 6.61 Å².